The first-order chi connectivity index (χ1) is 7.34. The summed E-state index contributed by atoms with van der Waals surface area (Å²) in [6, 6.07) is 7.57. The lowest BCUT2D eigenvalue weighted by atomic mass is 10.2. The van der Waals surface area contributed by atoms with E-state index < -0.39 is 0 Å². The van der Waals surface area contributed by atoms with E-state index in [4.69, 9.17) is 16.3 Å². The molecule has 0 heterocycles. The van der Waals surface area contributed by atoms with Gasteiger partial charge in [0.25, 0.3) is 0 Å². The van der Waals surface area contributed by atoms with Crippen molar-refractivity contribution in [2.75, 3.05) is 6.61 Å². The van der Waals surface area contributed by atoms with Crippen LogP contribution in [0.1, 0.15) is 25.7 Å². The fraction of sp³-hybridized carbons (Fsp3) is 0.385. The van der Waals surface area contributed by atoms with Crippen LogP contribution in [0.4, 0.5) is 0 Å². The lowest BCUT2D eigenvalue weighted by molar-refractivity contribution is 0.305. The lowest BCUT2D eigenvalue weighted by Crippen LogP contribution is -1.97. The molecule has 0 bridgehead atoms. The Morgan fingerprint density at radius 2 is 2.00 bits per heavy atom. The number of halogens is 1. The molecule has 0 N–H and O–H groups in total. The first kappa shape index (κ1) is 12.1. The van der Waals surface area contributed by atoms with Gasteiger partial charge >= 0.3 is 0 Å². The predicted molar refractivity (Wildman–Crippen MR) is 65.6 cm³/mol. The van der Waals surface area contributed by atoms with Crippen LogP contribution in [0.25, 0.3) is 0 Å². The molecule has 1 nitrogen and oxygen atoms in total. The average Bonchev–Trinajstić information content (AvgIpc) is 2.25. The monoisotopic (exact) mass is 224 g/mol. The number of allylic oxidation sites excluding steroid dienone is 1. The van der Waals surface area contributed by atoms with Gasteiger partial charge in [-0.25, -0.2) is 0 Å². The second kappa shape index (κ2) is 7.36. The maximum atomic E-state index is 5.95. The third kappa shape index (κ3) is 4.89. The smallest absolute Gasteiger partial charge is 0.137 e. The van der Waals surface area contributed by atoms with Crippen molar-refractivity contribution in [3.63, 3.8) is 0 Å². The molecular formula is C13H17ClO. The van der Waals surface area contributed by atoms with Crippen molar-refractivity contribution in [1.29, 1.82) is 0 Å². The van der Waals surface area contributed by atoms with E-state index in [1.165, 1.54) is 12.8 Å². The summed E-state index contributed by atoms with van der Waals surface area (Å²) in [5.74, 6) is 0.780. The summed E-state index contributed by atoms with van der Waals surface area (Å²) < 4.78 is 5.56. The van der Waals surface area contributed by atoms with Gasteiger partial charge in [0.15, 0.2) is 0 Å². The van der Waals surface area contributed by atoms with Crippen molar-refractivity contribution in [3.05, 3.63) is 41.9 Å². The van der Waals surface area contributed by atoms with Gasteiger partial charge in [0, 0.05) is 0 Å². The number of unbranched alkanes of at least 4 members (excludes halogenated alkanes) is 3. The molecule has 0 aliphatic rings. The molecule has 0 aromatic heterocycles. The molecule has 0 aliphatic carbocycles. The molecule has 15 heavy (non-hydrogen) atoms. The summed E-state index contributed by atoms with van der Waals surface area (Å²) in [6.07, 6.45) is 6.48. The highest BCUT2D eigenvalue weighted by atomic mass is 35.5. The molecule has 1 rings (SSSR count). The van der Waals surface area contributed by atoms with E-state index in [0.717, 1.165) is 25.2 Å². The first-order valence-electron chi connectivity index (χ1n) is 5.33. The minimum atomic E-state index is 0.684. The summed E-state index contributed by atoms with van der Waals surface area (Å²) in [4.78, 5) is 0. The second-order valence-corrected chi connectivity index (χ2v) is 3.82. The predicted octanol–water partition coefficient (Wildman–Crippen LogP) is 4.47. The summed E-state index contributed by atoms with van der Waals surface area (Å²) >= 11 is 5.95. The maximum absolute atomic E-state index is 5.95. The zero-order valence-corrected chi connectivity index (χ0v) is 9.67. The summed E-state index contributed by atoms with van der Waals surface area (Å²) in [5.41, 5.74) is 0. The number of benzene rings is 1. The Hall–Kier alpha value is -0.950. The van der Waals surface area contributed by atoms with Crippen LogP contribution in [0.5, 0.6) is 5.75 Å². The molecule has 0 amide bonds. The molecule has 0 spiro atoms. The highest BCUT2D eigenvalue weighted by Crippen LogP contribution is 2.23. The molecule has 82 valence electrons. The lowest BCUT2D eigenvalue weighted by Gasteiger charge is -2.06. The van der Waals surface area contributed by atoms with Crippen LogP contribution >= 0.6 is 11.6 Å². The van der Waals surface area contributed by atoms with Crippen LogP contribution in [0.15, 0.2) is 36.9 Å². The molecule has 0 fully saturated rings. The van der Waals surface area contributed by atoms with Gasteiger partial charge in [-0.1, -0.05) is 29.8 Å². The van der Waals surface area contributed by atoms with Crippen molar-refractivity contribution in [2.45, 2.75) is 25.7 Å². The van der Waals surface area contributed by atoms with E-state index in [9.17, 15) is 0 Å². The molecule has 0 unspecified atom stereocenters. The Kier molecular flexibility index (Phi) is 5.94. The number of rotatable bonds is 7. The quantitative estimate of drug-likeness (QED) is 0.491. The number of ether oxygens (including phenoxy) is 1. The molecular weight excluding hydrogens is 208 g/mol. The van der Waals surface area contributed by atoms with E-state index in [1.54, 1.807) is 0 Å². The Morgan fingerprint density at radius 1 is 1.20 bits per heavy atom. The van der Waals surface area contributed by atoms with Crippen LogP contribution in [-0.2, 0) is 0 Å². The van der Waals surface area contributed by atoms with Gasteiger partial charge in [0.2, 0.25) is 0 Å². The van der Waals surface area contributed by atoms with E-state index in [1.807, 2.05) is 30.3 Å². The van der Waals surface area contributed by atoms with E-state index in [-0.39, 0.29) is 0 Å². The second-order valence-electron chi connectivity index (χ2n) is 3.42. The van der Waals surface area contributed by atoms with Gasteiger partial charge in [-0.2, -0.15) is 0 Å². The third-order valence-corrected chi connectivity index (χ3v) is 2.46. The fourth-order valence-electron chi connectivity index (χ4n) is 1.31. The van der Waals surface area contributed by atoms with Gasteiger partial charge in [0.1, 0.15) is 5.75 Å². The largest absolute Gasteiger partial charge is 0.492 e. The number of para-hydroxylation sites is 1. The normalized spacial score (nSPS) is 9.93. The Labute approximate surface area is 96.7 Å². The summed E-state index contributed by atoms with van der Waals surface area (Å²) in [6.45, 7) is 4.43. The molecule has 0 aliphatic heterocycles. The van der Waals surface area contributed by atoms with Crippen molar-refractivity contribution >= 4 is 11.6 Å². The molecule has 2 heteroatoms. The molecule has 0 saturated carbocycles. The topological polar surface area (TPSA) is 9.23 Å². The van der Waals surface area contributed by atoms with Crippen molar-refractivity contribution in [3.8, 4) is 5.75 Å². The van der Waals surface area contributed by atoms with Crippen LogP contribution < -0.4 is 4.74 Å². The first-order valence-corrected chi connectivity index (χ1v) is 5.70. The Balaban J connectivity index is 2.15. The molecule has 1 aromatic rings. The van der Waals surface area contributed by atoms with Crippen molar-refractivity contribution in [1.82, 2.24) is 0 Å². The standard InChI is InChI=1S/C13H17ClO/c1-2-3-4-5-8-11-15-13-10-7-6-9-12(13)14/h2,6-7,9-10H,1,3-5,8,11H2. The zero-order chi connectivity index (χ0) is 10.9. The van der Waals surface area contributed by atoms with Crippen molar-refractivity contribution < 1.29 is 4.74 Å². The third-order valence-electron chi connectivity index (χ3n) is 2.15. The molecule has 0 saturated heterocycles. The van der Waals surface area contributed by atoms with Gasteiger partial charge < -0.3 is 4.74 Å². The maximum Gasteiger partial charge on any atom is 0.137 e. The number of hydrogen-bond donors (Lipinski definition) is 0. The van der Waals surface area contributed by atoms with Gasteiger partial charge in [-0.05, 0) is 37.8 Å². The van der Waals surface area contributed by atoms with E-state index in [2.05, 4.69) is 6.58 Å². The fourth-order valence-corrected chi connectivity index (χ4v) is 1.50. The van der Waals surface area contributed by atoms with Crippen LogP contribution in [0.3, 0.4) is 0 Å². The Morgan fingerprint density at radius 3 is 2.73 bits per heavy atom. The van der Waals surface area contributed by atoms with Crippen molar-refractivity contribution in [2.24, 2.45) is 0 Å². The summed E-state index contributed by atoms with van der Waals surface area (Å²) in [7, 11) is 0. The SMILES string of the molecule is C=CCCCCCOc1ccccc1Cl. The Bertz CT molecular complexity index is 296. The van der Waals surface area contributed by atoms with Gasteiger partial charge in [-0.3, -0.25) is 0 Å². The minimum Gasteiger partial charge on any atom is -0.492 e. The van der Waals surface area contributed by atoms with E-state index >= 15 is 0 Å². The molecule has 0 radical (unpaired) electrons. The highest BCUT2D eigenvalue weighted by molar-refractivity contribution is 6.32. The van der Waals surface area contributed by atoms with Crippen LogP contribution in [0.2, 0.25) is 5.02 Å². The van der Waals surface area contributed by atoms with Gasteiger partial charge in [0.05, 0.1) is 11.6 Å². The van der Waals surface area contributed by atoms with Crippen LogP contribution in [0, 0.1) is 0 Å². The summed E-state index contributed by atoms with van der Waals surface area (Å²) in [5, 5.41) is 0.684. The van der Waals surface area contributed by atoms with Gasteiger partial charge in [-0.15, -0.1) is 6.58 Å². The number of hydrogen-bond acceptors (Lipinski definition) is 1. The molecule has 1 aromatic carbocycles. The highest BCUT2D eigenvalue weighted by Gasteiger charge is 1.98. The zero-order valence-electron chi connectivity index (χ0n) is 8.92. The molecule has 0 atom stereocenters. The van der Waals surface area contributed by atoms with E-state index in [0.29, 0.717) is 5.02 Å². The average molecular weight is 225 g/mol. The minimum absolute atomic E-state index is 0.684. The van der Waals surface area contributed by atoms with Crippen LogP contribution in [-0.4, -0.2) is 6.61 Å².